The van der Waals surface area contributed by atoms with Crippen LogP contribution in [0.5, 0.6) is 11.5 Å². The largest absolute Gasteiger partial charge is 0.491 e. The van der Waals surface area contributed by atoms with Gasteiger partial charge in [-0.3, -0.25) is 5.10 Å². The number of benzene rings is 1. The second-order valence-corrected chi connectivity index (χ2v) is 5.85. The van der Waals surface area contributed by atoms with Gasteiger partial charge in [0.2, 0.25) is 0 Å². The molecule has 1 aliphatic rings. The Hall–Kier alpha value is -1.72. The molecule has 2 aromatic rings. The number of aromatic nitrogens is 2. The molecule has 0 bridgehead atoms. The second kappa shape index (κ2) is 6.18. The van der Waals surface area contributed by atoms with E-state index < -0.39 is 0 Å². The van der Waals surface area contributed by atoms with Crippen LogP contribution in [0.15, 0.2) is 12.1 Å². The number of H-pyrrole nitrogens is 1. The van der Waals surface area contributed by atoms with E-state index in [1.807, 2.05) is 19.1 Å². The van der Waals surface area contributed by atoms with Gasteiger partial charge in [-0.1, -0.05) is 11.6 Å². The molecule has 1 aromatic carbocycles. The molecule has 0 radical (unpaired) electrons. The third kappa shape index (κ3) is 2.66. The number of nitrogens with zero attached hydrogens (tertiary/aromatic N) is 2. The van der Waals surface area contributed by atoms with Crippen molar-refractivity contribution in [3.8, 4) is 22.8 Å². The summed E-state index contributed by atoms with van der Waals surface area (Å²) in [4.78, 5) is 2.29. The Balaban J connectivity index is 2.07. The van der Waals surface area contributed by atoms with Gasteiger partial charge in [-0.25, -0.2) is 0 Å². The van der Waals surface area contributed by atoms with Crippen molar-refractivity contribution in [3.05, 3.63) is 28.4 Å². The Labute approximate surface area is 135 Å². The standard InChI is InChI=1S/C16H20ClN3O2/c1-4-22-14-8-10(7-12(17)16(14)21-3)15-11-9-20(2)6-5-13(11)18-19-15/h7-8H,4-6,9H2,1-3H3,(H,18,19). The number of likely N-dealkylation sites (N-methyl/N-ethyl adjacent to an activating group) is 1. The van der Waals surface area contributed by atoms with E-state index in [2.05, 4.69) is 22.1 Å². The Bertz CT molecular complexity index is 684. The smallest absolute Gasteiger partial charge is 0.179 e. The van der Waals surface area contributed by atoms with Crippen LogP contribution in [0, 0.1) is 0 Å². The van der Waals surface area contributed by atoms with Crippen LogP contribution in [0.1, 0.15) is 18.2 Å². The molecule has 0 aliphatic carbocycles. The van der Waals surface area contributed by atoms with Crippen molar-refractivity contribution in [2.45, 2.75) is 19.9 Å². The summed E-state index contributed by atoms with van der Waals surface area (Å²) in [5, 5.41) is 8.18. The fourth-order valence-electron chi connectivity index (χ4n) is 2.83. The van der Waals surface area contributed by atoms with Gasteiger partial charge in [-0.05, 0) is 26.1 Å². The molecule has 1 N–H and O–H groups in total. The van der Waals surface area contributed by atoms with Crippen molar-refractivity contribution in [3.63, 3.8) is 0 Å². The molecule has 2 heterocycles. The topological polar surface area (TPSA) is 50.4 Å². The Morgan fingerprint density at radius 1 is 1.41 bits per heavy atom. The molecule has 0 fully saturated rings. The van der Waals surface area contributed by atoms with E-state index in [1.54, 1.807) is 7.11 Å². The summed E-state index contributed by atoms with van der Waals surface area (Å²) >= 11 is 6.35. The van der Waals surface area contributed by atoms with Crippen LogP contribution in [0.3, 0.4) is 0 Å². The van der Waals surface area contributed by atoms with E-state index in [-0.39, 0.29) is 0 Å². The van der Waals surface area contributed by atoms with Crippen molar-refractivity contribution in [1.82, 2.24) is 15.1 Å². The number of halogens is 1. The predicted molar refractivity (Wildman–Crippen MR) is 86.8 cm³/mol. The molecular weight excluding hydrogens is 302 g/mol. The molecule has 0 unspecified atom stereocenters. The van der Waals surface area contributed by atoms with Crippen LogP contribution in [0.25, 0.3) is 11.3 Å². The first kappa shape index (κ1) is 15.2. The zero-order chi connectivity index (χ0) is 15.7. The normalized spacial score (nSPS) is 14.7. The SMILES string of the molecule is CCOc1cc(-c2n[nH]c3c2CN(C)CC3)cc(Cl)c1OC. The monoisotopic (exact) mass is 321 g/mol. The third-order valence-electron chi connectivity index (χ3n) is 3.91. The van der Waals surface area contributed by atoms with Crippen LogP contribution in [-0.4, -0.2) is 42.4 Å². The van der Waals surface area contributed by atoms with Gasteiger partial charge < -0.3 is 14.4 Å². The van der Waals surface area contributed by atoms with Crippen molar-refractivity contribution in [2.24, 2.45) is 0 Å². The molecular formula is C16H20ClN3O2. The Morgan fingerprint density at radius 2 is 2.23 bits per heavy atom. The highest BCUT2D eigenvalue weighted by Gasteiger charge is 2.22. The van der Waals surface area contributed by atoms with Gasteiger partial charge in [0.25, 0.3) is 0 Å². The number of methoxy groups -OCH3 is 1. The average molecular weight is 322 g/mol. The van der Waals surface area contributed by atoms with E-state index >= 15 is 0 Å². The minimum Gasteiger partial charge on any atom is -0.491 e. The molecule has 22 heavy (non-hydrogen) atoms. The van der Waals surface area contributed by atoms with E-state index in [0.29, 0.717) is 23.1 Å². The van der Waals surface area contributed by atoms with Gasteiger partial charge in [-0.2, -0.15) is 5.10 Å². The number of ether oxygens (including phenoxy) is 2. The molecule has 0 saturated carbocycles. The maximum absolute atomic E-state index is 6.35. The summed E-state index contributed by atoms with van der Waals surface area (Å²) in [6.07, 6.45) is 0.987. The molecule has 118 valence electrons. The van der Waals surface area contributed by atoms with Gasteiger partial charge in [0, 0.05) is 36.3 Å². The van der Waals surface area contributed by atoms with E-state index in [4.69, 9.17) is 21.1 Å². The predicted octanol–water partition coefficient (Wildman–Crippen LogP) is 3.13. The van der Waals surface area contributed by atoms with Crippen LogP contribution in [0.4, 0.5) is 0 Å². The lowest BCUT2D eigenvalue weighted by Gasteiger charge is -2.22. The zero-order valence-corrected chi connectivity index (χ0v) is 13.8. The maximum atomic E-state index is 6.35. The lowest BCUT2D eigenvalue weighted by Crippen LogP contribution is -2.26. The van der Waals surface area contributed by atoms with Gasteiger partial charge in [0.15, 0.2) is 11.5 Å². The lowest BCUT2D eigenvalue weighted by atomic mass is 10.0. The highest BCUT2D eigenvalue weighted by molar-refractivity contribution is 6.32. The number of hydrogen-bond acceptors (Lipinski definition) is 4. The summed E-state index contributed by atoms with van der Waals surface area (Å²) in [6, 6.07) is 3.83. The highest BCUT2D eigenvalue weighted by Crippen LogP contribution is 2.40. The van der Waals surface area contributed by atoms with Crippen molar-refractivity contribution < 1.29 is 9.47 Å². The van der Waals surface area contributed by atoms with Gasteiger partial charge >= 0.3 is 0 Å². The molecule has 0 atom stereocenters. The van der Waals surface area contributed by atoms with E-state index in [9.17, 15) is 0 Å². The van der Waals surface area contributed by atoms with E-state index in [1.165, 1.54) is 11.3 Å². The first-order chi connectivity index (χ1) is 10.6. The first-order valence-corrected chi connectivity index (χ1v) is 7.77. The molecule has 0 spiro atoms. The van der Waals surface area contributed by atoms with Crippen molar-refractivity contribution in [2.75, 3.05) is 27.3 Å². The fourth-order valence-corrected chi connectivity index (χ4v) is 3.12. The first-order valence-electron chi connectivity index (χ1n) is 7.39. The minimum absolute atomic E-state index is 0.532. The summed E-state index contributed by atoms with van der Waals surface area (Å²) in [5.74, 6) is 1.21. The number of aromatic amines is 1. The molecule has 0 amide bonds. The molecule has 3 rings (SSSR count). The van der Waals surface area contributed by atoms with Crippen molar-refractivity contribution >= 4 is 11.6 Å². The lowest BCUT2D eigenvalue weighted by molar-refractivity contribution is 0.310. The Kier molecular flexibility index (Phi) is 4.27. The molecule has 6 heteroatoms. The van der Waals surface area contributed by atoms with Gasteiger partial charge in [0.05, 0.1) is 24.4 Å². The number of rotatable bonds is 4. The van der Waals surface area contributed by atoms with Crippen molar-refractivity contribution in [1.29, 1.82) is 0 Å². The highest BCUT2D eigenvalue weighted by atomic mass is 35.5. The van der Waals surface area contributed by atoms with Crippen LogP contribution in [-0.2, 0) is 13.0 Å². The van der Waals surface area contributed by atoms with Crippen LogP contribution >= 0.6 is 11.6 Å². The molecule has 1 aliphatic heterocycles. The number of hydrogen-bond donors (Lipinski definition) is 1. The summed E-state index contributed by atoms with van der Waals surface area (Å²) in [6.45, 7) is 4.42. The van der Waals surface area contributed by atoms with E-state index in [0.717, 1.165) is 30.8 Å². The summed E-state index contributed by atoms with van der Waals surface area (Å²) in [5.41, 5.74) is 4.32. The minimum atomic E-state index is 0.532. The van der Waals surface area contributed by atoms with Gasteiger partial charge in [-0.15, -0.1) is 0 Å². The fraction of sp³-hybridized carbons (Fsp3) is 0.438. The summed E-state index contributed by atoms with van der Waals surface area (Å²) in [7, 11) is 3.71. The molecule has 1 aromatic heterocycles. The zero-order valence-electron chi connectivity index (χ0n) is 13.1. The Morgan fingerprint density at radius 3 is 2.95 bits per heavy atom. The third-order valence-corrected chi connectivity index (χ3v) is 4.19. The van der Waals surface area contributed by atoms with Crippen LogP contribution in [0.2, 0.25) is 5.02 Å². The summed E-state index contributed by atoms with van der Waals surface area (Å²) < 4.78 is 11.0. The second-order valence-electron chi connectivity index (χ2n) is 5.44. The quantitative estimate of drug-likeness (QED) is 0.940. The van der Waals surface area contributed by atoms with Crippen LogP contribution < -0.4 is 9.47 Å². The van der Waals surface area contributed by atoms with Gasteiger partial charge in [0.1, 0.15) is 0 Å². The molecule has 0 saturated heterocycles. The average Bonchev–Trinajstić information content (AvgIpc) is 2.90. The molecule has 5 nitrogen and oxygen atoms in total. The number of nitrogens with one attached hydrogen (secondary N) is 1. The number of fused-ring (bicyclic) bond motifs is 1. The maximum Gasteiger partial charge on any atom is 0.179 e.